The van der Waals surface area contributed by atoms with Crippen molar-refractivity contribution in [1.82, 2.24) is 0 Å². The second-order valence-electron chi connectivity index (χ2n) is 4.11. The molecule has 2 aromatic carbocycles. The van der Waals surface area contributed by atoms with Crippen LogP contribution in [0, 0.1) is 0 Å². The lowest BCUT2D eigenvalue weighted by Crippen LogP contribution is -2.12. The highest BCUT2D eigenvalue weighted by Crippen LogP contribution is 2.21. The Kier molecular flexibility index (Phi) is 4.56. The monoisotopic (exact) mass is 286 g/mol. The molecule has 2 rings (SSSR count). The predicted octanol–water partition coefficient (Wildman–Crippen LogP) is 2.70. The number of esters is 2. The van der Waals surface area contributed by atoms with Crippen molar-refractivity contribution in [2.45, 2.75) is 0 Å². The zero-order chi connectivity index (χ0) is 15.2. The average molecular weight is 286 g/mol. The molecule has 0 saturated heterocycles. The first-order valence-electron chi connectivity index (χ1n) is 6.19. The first-order chi connectivity index (χ1) is 10.2. The molecule has 0 N–H and O–H groups in total. The summed E-state index contributed by atoms with van der Waals surface area (Å²) < 4.78 is 14.9. The second-order valence-corrected chi connectivity index (χ2v) is 4.11. The van der Waals surface area contributed by atoms with E-state index in [1.165, 1.54) is 19.2 Å². The Morgan fingerprint density at radius 3 is 2.14 bits per heavy atom. The van der Waals surface area contributed by atoms with Crippen LogP contribution < -0.4 is 9.47 Å². The number of carbonyl (C=O) groups excluding carboxylic acids is 2. The molecule has 0 aliphatic heterocycles. The van der Waals surface area contributed by atoms with Crippen LogP contribution in [0.3, 0.4) is 0 Å². The van der Waals surface area contributed by atoms with Crippen LogP contribution in [-0.2, 0) is 4.74 Å². The summed E-state index contributed by atoms with van der Waals surface area (Å²) in [5.74, 6) is -0.325. The van der Waals surface area contributed by atoms with Gasteiger partial charge in [-0.2, -0.15) is 0 Å². The molecular formula is C16H14O5. The molecule has 21 heavy (non-hydrogen) atoms. The molecule has 108 valence electrons. The van der Waals surface area contributed by atoms with E-state index >= 15 is 0 Å². The molecule has 0 bridgehead atoms. The number of carbonyl (C=O) groups is 2. The highest BCUT2D eigenvalue weighted by Gasteiger charge is 2.16. The molecule has 0 aliphatic carbocycles. The van der Waals surface area contributed by atoms with Crippen LogP contribution in [0.25, 0.3) is 0 Å². The molecule has 0 spiro atoms. The van der Waals surface area contributed by atoms with Gasteiger partial charge in [0.2, 0.25) is 0 Å². The standard InChI is InChI=1S/C16H14O5/c1-19-12-9-7-11(8-10-12)15(17)21-14-6-4-3-5-13(14)16(18)20-2/h3-10H,1-2H3. The van der Waals surface area contributed by atoms with Crippen LogP contribution >= 0.6 is 0 Å². The van der Waals surface area contributed by atoms with E-state index < -0.39 is 11.9 Å². The van der Waals surface area contributed by atoms with Gasteiger partial charge >= 0.3 is 11.9 Å². The Balaban J connectivity index is 2.21. The maximum atomic E-state index is 12.1. The fourth-order valence-electron chi connectivity index (χ4n) is 1.72. The lowest BCUT2D eigenvalue weighted by Gasteiger charge is -2.08. The minimum atomic E-state index is -0.562. The molecule has 0 fully saturated rings. The van der Waals surface area contributed by atoms with Crippen molar-refractivity contribution in [2.75, 3.05) is 14.2 Å². The molecule has 0 amide bonds. The van der Waals surface area contributed by atoms with Crippen molar-refractivity contribution < 1.29 is 23.8 Å². The first-order valence-corrected chi connectivity index (χ1v) is 6.19. The highest BCUT2D eigenvalue weighted by atomic mass is 16.5. The summed E-state index contributed by atoms with van der Waals surface area (Å²) in [6.07, 6.45) is 0. The van der Waals surface area contributed by atoms with Gasteiger partial charge in [-0.3, -0.25) is 0 Å². The summed E-state index contributed by atoms with van der Waals surface area (Å²) in [4.78, 5) is 23.7. The van der Waals surface area contributed by atoms with E-state index in [2.05, 4.69) is 4.74 Å². The molecule has 0 saturated carbocycles. The van der Waals surface area contributed by atoms with Crippen LogP contribution in [0.15, 0.2) is 48.5 Å². The van der Waals surface area contributed by atoms with E-state index in [9.17, 15) is 9.59 Å². The molecule has 0 aromatic heterocycles. The van der Waals surface area contributed by atoms with Gasteiger partial charge < -0.3 is 14.2 Å². The summed E-state index contributed by atoms with van der Waals surface area (Å²) in [5.41, 5.74) is 0.553. The number of methoxy groups -OCH3 is 2. The van der Waals surface area contributed by atoms with Crippen molar-refractivity contribution >= 4 is 11.9 Å². The number of hydrogen-bond donors (Lipinski definition) is 0. The Hall–Kier alpha value is -2.82. The quantitative estimate of drug-likeness (QED) is 0.639. The van der Waals surface area contributed by atoms with Crippen molar-refractivity contribution in [3.63, 3.8) is 0 Å². The lowest BCUT2D eigenvalue weighted by atomic mass is 10.2. The van der Waals surface area contributed by atoms with Gasteiger partial charge in [-0.15, -0.1) is 0 Å². The molecule has 5 nitrogen and oxygen atoms in total. The summed E-state index contributed by atoms with van der Waals surface area (Å²) in [6, 6.07) is 12.9. The van der Waals surface area contributed by atoms with E-state index in [0.717, 1.165) is 0 Å². The minimum Gasteiger partial charge on any atom is -0.497 e. The van der Waals surface area contributed by atoms with E-state index in [-0.39, 0.29) is 11.3 Å². The van der Waals surface area contributed by atoms with Gasteiger partial charge in [-0.25, -0.2) is 9.59 Å². The largest absolute Gasteiger partial charge is 0.497 e. The number of rotatable bonds is 4. The third-order valence-corrected chi connectivity index (χ3v) is 2.82. The van der Waals surface area contributed by atoms with E-state index in [0.29, 0.717) is 11.3 Å². The summed E-state index contributed by atoms with van der Waals surface area (Å²) >= 11 is 0. The topological polar surface area (TPSA) is 61.8 Å². The van der Waals surface area contributed by atoms with Gasteiger partial charge in [-0.1, -0.05) is 12.1 Å². The van der Waals surface area contributed by atoms with Crippen molar-refractivity contribution in [3.05, 3.63) is 59.7 Å². The van der Waals surface area contributed by atoms with Crippen molar-refractivity contribution in [2.24, 2.45) is 0 Å². The maximum absolute atomic E-state index is 12.1. The molecule has 2 aromatic rings. The van der Waals surface area contributed by atoms with Gasteiger partial charge in [0, 0.05) is 0 Å². The molecule has 0 radical (unpaired) electrons. The normalized spacial score (nSPS) is 9.81. The van der Waals surface area contributed by atoms with Crippen LogP contribution in [0.5, 0.6) is 11.5 Å². The minimum absolute atomic E-state index is 0.158. The van der Waals surface area contributed by atoms with Crippen molar-refractivity contribution in [1.29, 1.82) is 0 Å². The third-order valence-electron chi connectivity index (χ3n) is 2.82. The fraction of sp³-hybridized carbons (Fsp3) is 0.125. The second kappa shape index (κ2) is 6.56. The number of hydrogen-bond acceptors (Lipinski definition) is 5. The lowest BCUT2D eigenvalue weighted by molar-refractivity contribution is 0.0593. The summed E-state index contributed by atoms with van der Waals surface area (Å²) in [6.45, 7) is 0. The zero-order valence-corrected chi connectivity index (χ0v) is 11.7. The van der Waals surface area contributed by atoms with Crippen molar-refractivity contribution in [3.8, 4) is 11.5 Å². The Morgan fingerprint density at radius 1 is 0.857 bits per heavy atom. The smallest absolute Gasteiger partial charge is 0.343 e. The van der Waals surface area contributed by atoms with E-state index in [1.807, 2.05) is 0 Å². The Labute approximate surface area is 122 Å². The maximum Gasteiger partial charge on any atom is 0.343 e. The molecule has 0 aliphatic rings. The summed E-state index contributed by atoms with van der Waals surface area (Å²) in [5, 5.41) is 0. The van der Waals surface area contributed by atoms with Crippen LogP contribution in [0.1, 0.15) is 20.7 Å². The average Bonchev–Trinajstić information content (AvgIpc) is 2.54. The van der Waals surface area contributed by atoms with Gasteiger partial charge in [0.05, 0.1) is 19.8 Å². The molecular weight excluding hydrogens is 272 g/mol. The number of benzene rings is 2. The summed E-state index contributed by atoms with van der Waals surface area (Å²) in [7, 11) is 2.81. The van der Waals surface area contributed by atoms with Gasteiger partial charge in [0.15, 0.2) is 0 Å². The molecule has 5 heteroatoms. The van der Waals surface area contributed by atoms with Gasteiger partial charge in [-0.05, 0) is 36.4 Å². The third kappa shape index (κ3) is 3.39. The van der Waals surface area contributed by atoms with Crippen LogP contribution in [0.2, 0.25) is 0 Å². The molecule has 0 unspecified atom stereocenters. The Bertz CT molecular complexity index is 646. The fourth-order valence-corrected chi connectivity index (χ4v) is 1.72. The van der Waals surface area contributed by atoms with Crippen LogP contribution in [-0.4, -0.2) is 26.2 Å². The zero-order valence-electron chi connectivity index (χ0n) is 11.7. The molecule has 0 heterocycles. The van der Waals surface area contributed by atoms with Crippen LogP contribution in [0.4, 0.5) is 0 Å². The SMILES string of the molecule is COC(=O)c1ccccc1OC(=O)c1ccc(OC)cc1. The van der Waals surface area contributed by atoms with E-state index in [4.69, 9.17) is 9.47 Å². The Morgan fingerprint density at radius 2 is 1.52 bits per heavy atom. The number of para-hydroxylation sites is 1. The first kappa shape index (κ1) is 14.6. The van der Waals surface area contributed by atoms with Gasteiger partial charge in [0.25, 0.3) is 0 Å². The highest BCUT2D eigenvalue weighted by molar-refractivity contribution is 5.96. The van der Waals surface area contributed by atoms with Gasteiger partial charge in [0.1, 0.15) is 17.1 Å². The number of ether oxygens (including phenoxy) is 3. The molecule has 0 atom stereocenters. The predicted molar refractivity (Wildman–Crippen MR) is 75.7 cm³/mol. The van der Waals surface area contributed by atoms with E-state index in [1.54, 1.807) is 43.5 Å².